The lowest BCUT2D eigenvalue weighted by Gasteiger charge is -2.08. The Bertz CT molecular complexity index is 1740. The number of aryl methyl sites for hydroxylation is 2. The van der Waals surface area contributed by atoms with E-state index in [2.05, 4.69) is 48.6 Å². The molecule has 0 spiro atoms. The zero-order valence-corrected chi connectivity index (χ0v) is 30.2. The molecule has 15 heteroatoms. The van der Waals surface area contributed by atoms with E-state index in [-0.39, 0.29) is 37.0 Å². The number of carbonyl (C=O) groups is 2. The molecule has 0 bridgehead atoms. The third kappa shape index (κ3) is 16.0. The zero-order valence-electron chi connectivity index (χ0n) is 28.5. The number of benzene rings is 4. The second-order valence-corrected chi connectivity index (χ2v) is 11.7. The number of nitro groups is 2. The van der Waals surface area contributed by atoms with Crippen molar-refractivity contribution in [1.29, 1.82) is 0 Å². The molecule has 4 rings (SSSR count). The first-order valence-corrected chi connectivity index (χ1v) is 17.1. The fourth-order valence-corrected chi connectivity index (χ4v) is 4.92. The van der Waals surface area contributed by atoms with Gasteiger partial charge in [0, 0.05) is 40.7 Å². The molecule has 0 aliphatic heterocycles. The van der Waals surface area contributed by atoms with E-state index in [1.54, 1.807) is 26.0 Å². The third-order valence-corrected chi connectivity index (χ3v) is 7.81. The molecule has 0 unspecified atom stereocenters. The number of carbonyl (C=O) groups excluding carboxylic acids is 2. The first-order valence-electron chi connectivity index (χ1n) is 15.5. The van der Waals surface area contributed by atoms with E-state index in [1.165, 1.54) is 34.5 Å². The molecule has 0 saturated heterocycles. The number of hydrogen-bond acceptors (Lipinski definition) is 12. The molecule has 12 nitrogen and oxygen atoms in total. The molecule has 0 aliphatic rings. The van der Waals surface area contributed by atoms with E-state index in [0.29, 0.717) is 0 Å². The smallest absolute Gasteiger partial charge is 0.344 e. The van der Waals surface area contributed by atoms with Crippen LogP contribution in [0.3, 0.4) is 0 Å². The maximum absolute atomic E-state index is 12.9. The predicted octanol–water partition coefficient (Wildman–Crippen LogP) is 8.24. The Labute approximate surface area is 305 Å². The first kappa shape index (κ1) is 42.0. The highest BCUT2D eigenvalue weighted by molar-refractivity contribution is 7.98. The molecule has 4 aromatic carbocycles. The minimum absolute atomic E-state index is 0.0620. The normalized spacial score (nSPS) is 10.0. The molecule has 0 heterocycles. The van der Waals surface area contributed by atoms with Crippen molar-refractivity contribution in [2.45, 2.75) is 44.1 Å². The number of thioether (sulfide) groups is 1. The van der Waals surface area contributed by atoms with Crippen LogP contribution in [0.25, 0.3) is 0 Å². The van der Waals surface area contributed by atoms with Gasteiger partial charge in [0.25, 0.3) is 0 Å². The number of halogens is 1. The summed E-state index contributed by atoms with van der Waals surface area (Å²) in [5.74, 6) is -0.597. The molecular weight excluding hydrogens is 704 g/mol. The standard InChI is InChI=1S/C18H19NO5S.C10H10FNO5.C8H10S/c1-3-23-18(20)11-24-17-10-15(8-9-16(17)19(21)22)25-12-14-6-4-13(2)5-7-14;1-2-16-10(13)6-17-9-5-7(11)3-4-8(9)12(14)15;1-7-2-4-8(6-9)5-3-7/h4-10H,3,11-12H2,1-2H3;3-5H,2,6H2,1H3;2-5,9H,6H2,1H3. The van der Waals surface area contributed by atoms with Crippen LogP contribution in [0.15, 0.2) is 89.8 Å². The Morgan fingerprint density at radius 3 is 1.61 bits per heavy atom. The van der Waals surface area contributed by atoms with Gasteiger partial charge in [0.1, 0.15) is 5.82 Å². The molecule has 0 saturated carbocycles. The maximum Gasteiger partial charge on any atom is 0.344 e. The lowest BCUT2D eigenvalue weighted by molar-refractivity contribution is -0.386. The highest BCUT2D eigenvalue weighted by atomic mass is 32.2. The van der Waals surface area contributed by atoms with Gasteiger partial charge in [-0.1, -0.05) is 59.7 Å². The molecule has 0 aliphatic carbocycles. The van der Waals surface area contributed by atoms with Crippen molar-refractivity contribution in [2.75, 3.05) is 26.4 Å². The number of nitro benzene ring substituents is 2. The zero-order chi connectivity index (χ0) is 37.8. The molecule has 0 amide bonds. The summed E-state index contributed by atoms with van der Waals surface area (Å²) < 4.78 is 32.3. The molecule has 0 fully saturated rings. The Balaban J connectivity index is 0.000000297. The summed E-state index contributed by atoms with van der Waals surface area (Å²) in [6.45, 7) is 6.96. The average Bonchev–Trinajstić information content (AvgIpc) is 3.10. The van der Waals surface area contributed by atoms with Crippen LogP contribution in [0.5, 0.6) is 11.5 Å². The van der Waals surface area contributed by atoms with Gasteiger partial charge in [-0.25, -0.2) is 14.0 Å². The van der Waals surface area contributed by atoms with Crippen LogP contribution in [0, 0.1) is 39.9 Å². The molecule has 51 heavy (non-hydrogen) atoms. The molecule has 0 N–H and O–H groups in total. The van der Waals surface area contributed by atoms with Crippen molar-refractivity contribution in [3.05, 3.63) is 133 Å². The fraction of sp³-hybridized carbons (Fsp3) is 0.278. The Morgan fingerprint density at radius 1 is 0.706 bits per heavy atom. The van der Waals surface area contributed by atoms with Crippen LogP contribution in [0.1, 0.15) is 36.1 Å². The van der Waals surface area contributed by atoms with Crippen molar-refractivity contribution in [1.82, 2.24) is 0 Å². The number of thiol groups is 1. The highest BCUT2D eigenvalue weighted by Gasteiger charge is 2.18. The predicted molar refractivity (Wildman–Crippen MR) is 195 cm³/mol. The van der Waals surface area contributed by atoms with Crippen LogP contribution in [-0.2, 0) is 30.6 Å². The number of hydrogen-bond donors (Lipinski definition) is 1. The molecule has 0 atom stereocenters. The molecule has 4 aromatic rings. The number of esters is 2. The number of nitrogens with zero attached hydrogens (tertiary/aromatic N) is 2. The van der Waals surface area contributed by atoms with E-state index < -0.39 is 39.9 Å². The van der Waals surface area contributed by atoms with Crippen LogP contribution in [0.4, 0.5) is 15.8 Å². The second kappa shape index (κ2) is 22.5. The monoisotopic (exact) mass is 742 g/mol. The van der Waals surface area contributed by atoms with E-state index in [4.69, 9.17) is 14.2 Å². The minimum Gasteiger partial charge on any atom is -0.475 e. The van der Waals surface area contributed by atoms with Crippen molar-refractivity contribution in [3.63, 3.8) is 0 Å². The average molecular weight is 743 g/mol. The Kier molecular flexibility index (Phi) is 18.6. The van der Waals surface area contributed by atoms with Gasteiger partial charge in [-0.05, 0) is 51.0 Å². The van der Waals surface area contributed by atoms with Gasteiger partial charge < -0.3 is 18.9 Å². The minimum atomic E-state index is -0.722. The highest BCUT2D eigenvalue weighted by Crippen LogP contribution is 2.33. The van der Waals surface area contributed by atoms with Gasteiger partial charge in [-0.3, -0.25) is 20.2 Å². The fourth-order valence-electron chi connectivity index (χ4n) is 3.83. The van der Waals surface area contributed by atoms with Crippen molar-refractivity contribution in [3.8, 4) is 11.5 Å². The summed E-state index contributed by atoms with van der Waals surface area (Å²) in [6.07, 6.45) is 0. The number of ether oxygens (including phenoxy) is 4. The summed E-state index contributed by atoms with van der Waals surface area (Å²) in [5.41, 5.74) is 4.35. The summed E-state index contributed by atoms with van der Waals surface area (Å²) in [4.78, 5) is 43.6. The van der Waals surface area contributed by atoms with Crippen LogP contribution < -0.4 is 9.47 Å². The summed E-state index contributed by atoms with van der Waals surface area (Å²) in [5, 5.41) is 21.7. The Morgan fingerprint density at radius 2 is 1.16 bits per heavy atom. The van der Waals surface area contributed by atoms with Crippen LogP contribution >= 0.6 is 24.4 Å². The molecule has 0 aromatic heterocycles. The van der Waals surface area contributed by atoms with E-state index in [0.717, 1.165) is 40.2 Å². The van der Waals surface area contributed by atoms with Gasteiger partial charge in [0.05, 0.1) is 23.1 Å². The van der Waals surface area contributed by atoms with Gasteiger partial charge >= 0.3 is 23.3 Å². The van der Waals surface area contributed by atoms with E-state index >= 15 is 0 Å². The SMILES string of the molecule is CCOC(=O)COc1cc(F)ccc1[N+](=O)[O-].CCOC(=O)COc1cc(SCc2ccc(C)cc2)ccc1[N+](=O)[O-].Cc1ccc(CS)cc1. The van der Waals surface area contributed by atoms with Crippen molar-refractivity contribution in [2.24, 2.45) is 0 Å². The largest absolute Gasteiger partial charge is 0.475 e. The summed E-state index contributed by atoms with van der Waals surface area (Å²) >= 11 is 5.68. The van der Waals surface area contributed by atoms with Gasteiger partial charge in [0.15, 0.2) is 19.0 Å². The maximum atomic E-state index is 12.9. The summed E-state index contributed by atoms with van der Waals surface area (Å²) in [6, 6.07) is 24.0. The second-order valence-electron chi connectivity index (χ2n) is 10.4. The lowest BCUT2D eigenvalue weighted by Crippen LogP contribution is -2.15. The quantitative estimate of drug-likeness (QED) is 0.0436. The van der Waals surface area contributed by atoms with E-state index in [1.807, 2.05) is 31.2 Å². The topological polar surface area (TPSA) is 157 Å². The van der Waals surface area contributed by atoms with Gasteiger partial charge in [0.2, 0.25) is 5.75 Å². The van der Waals surface area contributed by atoms with Gasteiger partial charge in [-0.15, -0.1) is 11.8 Å². The van der Waals surface area contributed by atoms with Crippen LogP contribution in [0.2, 0.25) is 0 Å². The molecule has 0 radical (unpaired) electrons. The first-order chi connectivity index (χ1) is 24.4. The lowest BCUT2D eigenvalue weighted by atomic mass is 10.2. The van der Waals surface area contributed by atoms with Crippen LogP contribution in [-0.4, -0.2) is 48.2 Å². The summed E-state index contributed by atoms with van der Waals surface area (Å²) in [7, 11) is 0. The Hall–Kier alpha value is -5.15. The molecular formula is C36H39FN2O10S2. The van der Waals surface area contributed by atoms with Crippen molar-refractivity contribution >= 4 is 47.7 Å². The molecule has 272 valence electrons. The van der Waals surface area contributed by atoms with E-state index in [9.17, 15) is 34.2 Å². The number of rotatable bonds is 14. The van der Waals surface area contributed by atoms with Crippen molar-refractivity contribution < 1.29 is 42.8 Å². The third-order valence-electron chi connectivity index (χ3n) is 6.38. The van der Waals surface area contributed by atoms with Gasteiger partial charge in [-0.2, -0.15) is 12.6 Å².